The zero-order chi connectivity index (χ0) is 19.3. The second-order valence-electron chi connectivity index (χ2n) is 6.42. The molecule has 0 unspecified atom stereocenters. The average molecular weight is 365 g/mol. The number of carbonyl (C=O) groups excluding carboxylic acids is 1. The van der Waals surface area contributed by atoms with Crippen LogP contribution in [0.3, 0.4) is 0 Å². The molecule has 1 aromatic carbocycles. The van der Waals surface area contributed by atoms with Crippen molar-refractivity contribution in [2.75, 3.05) is 14.1 Å². The Hall–Kier alpha value is -3.55. The van der Waals surface area contributed by atoms with Crippen LogP contribution in [-0.2, 0) is 7.05 Å². The van der Waals surface area contributed by atoms with Gasteiger partial charge < -0.3 is 9.47 Å². The highest BCUT2D eigenvalue weighted by Crippen LogP contribution is 2.29. The Kier molecular flexibility index (Phi) is 3.76. The number of fused-ring (bicyclic) bond motifs is 3. The Balaban J connectivity index is 2.23. The fourth-order valence-electron chi connectivity index (χ4n) is 3.21. The molecule has 3 heterocycles. The van der Waals surface area contributed by atoms with Crippen LogP contribution in [0.25, 0.3) is 27.5 Å². The standard InChI is InChI=1S/C19H16FN5O2/c1-23(2)18(26)16-15-13-7-6-11(20)9-14(13)24(3)17(15)19(27)25(22-16)12-5-4-8-21-10-12/h4-10H,1-3H3. The number of pyridine rings is 1. The maximum absolute atomic E-state index is 13.8. The highest BCUT2D eigenvalue weighted by molar-refractivity contribution is 6.16. The second kappa shape index (κ2) is 6.01. The molecule has 0 N–H and O–H groups in total. The number of benzene rings is 1. The molecule has 136 valence electrons. The normalized spacial score (nSPS) is 11.3. The number of carbonyl (C=O) groups is 1. The van der Waals surface area contributed by atoms with E-state index in [-0.39, 0.29) is 17.1 Å². The van der Waals surface area contributed by atoms with Gasteiger partial charge in [0.1, 0.15) is 11.3 Å². The highest BCUT2D eigenvalue weighted by atomic mass is 19.1. The Morgan fingerprint density at radius 3 is 2.67 bits per heavy atom. The van der Waals surface area contributed by atoms with Crippen LogP contribution in [0.1, 0.15) is 10.5 Å². The fourth-order valence-corrected chi connectivity index (χ4v) is 3.21. The minimum atomic E-state index is -0.422. The van der Waals surface area contributed by atoms with E-state index >= 15 is 0 Å². The first-order valence-corrected chi connectivity index (χ1v) is 8.23. The summed E-state index contributed by atoms with van der Waals surface area (Å²) in [7, 11) is 4.89. The van der Waals surface area contributed by atoms with Crippen LogP contribution in [0.5, 0.6) is 0 Å². The van der Waals surface area contributed by atoms with E-state index in [0.717, 1.165) is 4.68 Å². The van der Waals surface area contributed by atoms with Crippen LogP contribution < -0.4 is 5.56 Å². The molecule has 8 heteroatoms. The molecule has 0 aliphatic heterocycles. The van der Waals surface area contributed by atoms with Gasteiger partial charge in [0.15, 0.2) is 5.69 Å². The lowest BCUT2D eigenvalue weighted by molar-refractivity contribution is 0.0822. The van der Waals surface area contributed by atoms with Gasteiger partial charge in [-0.1, -0.05) is 0 Å². The molecule has 1 amide bonds. The predicted molar refractivity (Wildman–Crippen MR) is 99.6 cm³/mol. The van der Waals surface area contributed by atoms with Crippen molar-refractivity contribution in [1.82, 2.24) is 24.2 Å². The number of hydrogen-bond donors (Lipinski definition) is 0. The Morgan fingerprint density at radius 1 is 1.22 bits per heavy atom. The predicted octanol–water partition coefficient (Wildman–Crippen LogP) is 2.11. The first-order valence-electron chi connectivity index (χ1n) is 8.23. The number of amides is 1. The van der Waals surface area contributed by atoms with Gasteiger partial charge in [-0.15, -0.1) is 0 Å². The molecule has 7 nitrogen and oxygen atoms in total. The summed E-state index contributed by atoms with van der Waals surface area (Å²) in [4.78, 5) is 31.4. The highest BCUT2D eigenvalue weighted by Gasteiger charge is 2.24. The molecule has 4 aromatic rings. The number of hydrogen-bond acceptors (Lipinski definition) is 4. The van der Waals surface area contributed by atoms with Crippen LogP contribution >= 0.6 is 0 Å². The monoisotopic (exact) mass is 365 g/mol. The molecule has 0 atom stereocenters. The van der Waals surface area contributed by atoms with E-state index < -0.39 is 11.4 Å². The molecule has 0 fully saturated rings. The van der Waals surface area contributed by atoms with E-state index in [2.05, 4.69) is 10.1 Å². The van der Waals surface area contributed by atoms with E-state index in [9.17, 15) is 14.0 Å². The SMILES string of the molecule is CN(C)C(=O)c1nn(-c2cccnc2)c(=O)c2c1c1ccc(F)cc1n2C. The molecular weight excluding hydrogens is 349 g/mol. The molecule has 0 radical (unpaired) electrons. The van der Waals surface area contributed by atoms with Crippen molar-refractivity contribution >= 4 is 27.7 Å². The van der Waals surface area contributed by atoms with E-state index in [1.165, 1.54) is 23.2 Å². The minimum absolute atomic E-state index is 0.121. The molecule has 3 aromatic heterocycles. The lowest BCUT2D eigenvalue weighted by Gasteiger charge is -2.13. The lowest BCUT2D eigenvalue weighted by atomic mass is 10.1. The first kappa shape index (κ1) is 16.9. The van der Waals surface area contributed by atoms with Gasteiger partial charge in [0.05, 0.1) is 17.4 Å². The number of nitrogens with zero attached hydrogens (tertiary/aromatic N) is 5. The van der Waals surface area contributed by atoms with Gasteiger partial charge in [-0.3, -0.25) is 14.6 Å². The summed E-state index contributed by atoms with van der Waals surface area (Å²) < 4.78 is 16.5. The van der Waals surface area contributed by atoms with E-state index in [1.54, 1.807) is 50.1 Å². The van der Waals surface area contributed by atoms with Crippen molar-refractivity contribution in [2.45, 2.75) is 0 Å². The van der Waals surface area contributed by atoms with Gasteiger partial charge in [-0.05, 0) is 30.3 Å². The van der Waals surface area contributed by atoms with Crippen molar-refractivity contribution < 1.29 is 9.18 Å². The summed E-state index contributed by atoms with van der Waals surface area (Å²) in [5.41, 5.74) is 0.942. The molecule has 0 bridgehead atoms. The number of aromatic nitrogens is 4. The van der Waals surface area contributed by atoms with Crippen molar-refractivity contribution in [1.29, 1.82) is 0 Å². The third-order valence-corrected chi connectivity index (χ3v) is 4.49. The fraction of sp³-hybridized carbons (Fsp3) is 0.158. The zero-order valence-electron chi connectivity index (χ0n) is 15.0. The lowest BCUT2D eigenvalue weighted by Crippen LogP contribution is -2.29. The van der Waals surface area contributed by atoms with Gasteiger partial charge in [0.25, 0.3) is 11.5 Å². The van der Waals surface area contributed by atoms with Crippen molar-refractivity contribution in [3.63, 3.8) is 0 Å². The summed E-state index contributed by atoms with van der Waals surface area (Å²) in [5, 5.41) is 5.36. The van der Waals surface area contributed by atoms with Crippen molar-refractivity contribution in [2.24, 2.45) is 7.05 Å². The second-order valence-corrected chi connectivity index (χ2v) is 6.42. The van der Waals surface area contributed by atoms with E-state index in [0.29, 0.717) is 22.0 Å². The maximum atomic E-state index is 13.8. The van der Waals surface area contributed by atoms with Crippen LogP contribution in [0.15, 0.2) is 47.5 Å². The molecular formula is C19H16FN5O2. The van der Waals surface area contributed by atoms with Gasteiger partial charge in [-0.25, -0.2) is 4.39 Å². The van der Waals surface area contributed by atoms with E-state index in [4.69, 9.17) is 0 Å². The zero-order valence-corrected chi connectivity index (χ0v) is 15.0. The van der Waals surface area contributed by atoms with Gasteiger partial charge in [-0.2, -0.15) is 9.78 Å². The molecule has 4 rings (SSSR count). The summed E-state index contributed by atoms with van der Waals surface area (Å²) in [6.45, 7) is 0. The van der Waals surface area contributed by atoms with Crippen LogP contribution in [-0.4, -0.2) is 44.2 Å². The minimum Gasteiger partial charge on any atom is -0.343 e. The molecule has 0 spiro atoms. The smallest absolute Gasteiger partial charge is 0.296 e. The summed E-state index contributed by atoms with van der Waals surface area (Å²) in [6, 6.07) is 7.57. The van der Waals surface area contributed by atoms with Crippen molar-refractivity contribution in [3.05, 3.63) is 64.6 Å². The van der Waals surface area contributed by atoms with Crippen LogP contribution in [0.4, 0.5) is 4.39 Å². The average Bonchev–Trinajstić information content (AvgIpc) is 2.95. The number of halogens is 1. The molecule has 0 saturated carbocycles. The van der Waals surface area contributed by atoms with E-state index in [1.807, 2.05) is 0 Å². The number of rotatable bonds is 2. The summed E-state index contributed by atoms with van der Waals surface area (Å²) in [5.74, 6) is -0.774. The number of aryl methyl sites for hydroxylation is 1. The molecule has 0 saturated heterocycles. The van der Waals surface area contributed by atoms with Gasteiger partial charge >= 0.3 is 0 Å². The summed E-state index contributed by atoms with van der Waals surface area (Å²) >= 11 is 0. The van der Waals surface area contributed by atoms with Crippen LogP contribution in [0.2, 0.25) is 0 Å². The molecule has 0 aliphatic rings. The van der Waals surface area contributed by atoms with Crippen LogP contribution in [0, 0.1) is 5.82 Å². The van der Waals surface area contributed by atoms with Gasteiger partial charge in [0.2, 0.25) is 0 Å². The van der Waals surface area contributed by atoms with Gasteiger partial charge in [0, 0.05) is 38.1 Å². The molecule has 27 heavy (non-hydrogen) atoms. The molecule has 0 aliphatic carbocycles. The third kappa shape index (κ3) is 2.49. The maximum Gasteiger partial charge on any atom is 0.296 e. The largest absolute Gasteiger partial charge is 0.343 e. The Morgan fingerprint density at radius 2 is 2.00 bits per heavy atom. The quantitative estimate of drug-likeness (QED) is 0.545. The topological polar surface area (TPSA) is 73.0 Å². The first-order chi connectivity index (χ1) is 12.9. The Bertz CT molecular complexity index is 1260. The summed E-state index contributed by atoms with van der Waals surface area (Å²) in [6.07, 6.45) is 3.07. The third-order valence-electron chi connectivity index (χ3n) is 4.49. The Labute approximate surface area is 153 Å². The van der Waals surface area contributed by atoms with Crippen molar-refractivity contribution in [3.8, 4) is 5.69 Å².